The summed E-state index contributed by atoms with van der Waals surface area (Å²) in [6.07, 6.45) is 2.84. The van der Waals surface area contributed by atoms with Gasteiger partial charge in [-0.15, -0.1) is 0 Å². The van der Waals surface area contributed by atoms with Crippen LogP contribution in [0.5, 0.6) is 5.75 Å². The third-order valence-electron chi connectivity index (χ3n) is 4.23. The minimum absolute atomic E-state index is 0.0102. The number of nitrogens with zero attached hydrogens (tertiary/aromatic N) is 3. The van der Waals surface area contributed by atoms with Crippen LogP contribution in [0.4, 0.5) is 5.69 Å². The van der Waals surface area contributed by atoms with Gasteiger partial charge in [-0.1, -0.05) is 23.2 Å². The number of dihydropyridines is 1. The molecule has 0 saturated carbocycles. The smallest absolute Gasteiger partial charge is 0.347 e. The van der Waals surface area contributed by atoms with Gasteiger partial charge < -0.3 is 9.52 Å². The van der Waals surface area contributed by atoms with E-state index in [9.17, 15) is 14.7 Å². The molecule has 0 aliphatic carbocycles. The fourth-order valence-corrected chi connectivity index (χ4v) is 3.45. The molecule has 146 valence electrons. The number of allylic oxidation sites excluding steroid dienone is 1. The van der Waals surface area contributed by atoms with Crippen molar-refractivity contribution in [3.8, 4) is 5.75 Å². The standard InChI is InChI=1S/C19H12Cl2N4O4/c1-8-6-13(26)14(18(28)29-8)10-4-5-22-16-15(10)17(27)25-19(24-16)23-12-3-2-9(20)7-11(12)21/h2-7,15,26H,1H3,(H,23,25,27). The Morgan fingerprint density at radius 1 is 1.24 bits per heavy atom. The van der Waals surface area contributed by atoms with Crippen LogP contribution in [0.1, 0.15) is 11.3 Å². The molecule has 8 nitrogen and oxygen atoms in total. The molecule has 2 aliphatic heterocycles. The molecule has 3 heterocycles. The SMILES string of the molecule is Cc1cc(O)c(C2=CC=NC3=NC(=Nc4ccc(Cl)cc4Cl)NC(=O)C23)c(=O)o1. The molecule has 0 saturated heterocycles. The number of benzene rings is 1. The van der Waals surface area contributed by atoms with Crippen LogP contribution in [0.15, 0.2) is 54.5 Å². The van der Waals surface area contributed by atoms with E-state index >= 15 is 0 Å². The van der Waals surface area contributed by atoms with Gasteiger partial charge in [-0.3, -0.25) is 10.1 Å². The second-order valence-corrected chi connectivity index (χ2v) is 7.07. The molecule has 1 atom stereocenters. The maximum Gasteiger partial charge on any atom is 0.347 e. The molecule has 0 radical (unpaired) electrons. The van der Waals surface area contributed by atoms with Crippen molar-refractivity contribution < 1.29 is 14.3 Å². The second-order valence-electron chi connectivity index (χ2n) is 6.23. The normalized spacial score (nSPS) is 19.5. The Balaban J connectivity index is 1.76. The van der Waals surface area contributed by atoms with E-state index in [1.165, 1.54) is 31.3 Å². The lowest BCUT2D eigenvalue weighted by atomic mass is 9.88. The number of carbonyl (C=O) groups is 1. The van der Waals surface area contributed by atoms with Gasteiger partial charge in [0.1, 0.15) is 28.8 Å². The highest BCUT2D eigenvalue weighted by atomic mass is 35.5. The summed E-state index contributed by atoms with van der Waals surface area (Å²) in [5.41, 5.74) is -0.285. The van der Waals surface area contributed by atoms with Gasteiger partial charge in [-0.25, -0.2) is 14.8 Å². The second kappa shape index (κ2) is 7.31. The third-order valence-corrected chi connectivity index (χ3v) is 4.76. The van der Waals surface area contributed by atoms with Crippen LogP contribution in [-0.2, 0) is 4.79 Å². The van der Waals surface area contributed by atoms with E-state index in [2.05, 4.69) is 20.3 Å². The molecule has 0 bridgehead atoms. The molecule has 1 aromatic carbocycles. The van der Waals surface area contributed by atoms with Crippen molar-refractivity contribution in [2.45, 2.75) is 6.92 Å². The van der Waals surface area contributed by atoms with Crippen LogP contribution in [0.3, 0.4) is 0 Å². The third kappa shape index (κ3) is 3.59. The van der Waals surface area contributed by atoms with Gasteiger partial charge >= 0.3 is 5.63 Å². The summed E-state index contributed by atoms with van der Waals surface area (Å²) in [6.45, 7) is 1.53. The van der Waals surface area contributed by atoms with Gasteiger partial charge in [0.2, 0.25) is 11.9 Å². The van der Waals surface area contributed by atoms with Crippen LogP contribution in [-0.4, -0.2) is 29.0 Å². The minimum Gasteiger partial charge on any atom is -0.507 e. The number of nitrogens with one attached hydrogen (secondary N) is 1. The minimum atomic E-state index is -1.00. The van der Waals surface area contributed by atoms with Gasteiger partial charge in [0.25, 0.3) is 0 Å². The summed E-state index contributed by atoms with van der Waals surface area (Å²) in [7, 11) is 0. The molecule has 0 fully saturated rings. The average Bonchev–Trinajstić information content (AvgIpc) is 2.63. The predicted octanol–water partition coefficient (Wildman–Crippen LogP) is 3.26. The summed E-state index contributed by atoms with van der Waals surface area (Å²) >= 11 is 12.0. The highest BCUT2D eigenvalue weighted by molar-refractivity contribution is 6.36. The quantitative estimate of drug-likeness (QED) is 0.759. The zero-order valence-electron chi connectivity index (χ0n) is 14.8. The van der Waals surface area contributed by atoms with E-state index in [4.69, 9.17) is 27.6 Å². The van der Waals surface area contributed by atoms with E-state index in [1.807, 2.05) is 0 Å². The van der Waals surface area contributed by atoms with Crippen molar-refractivity contribution in [1.82, 2.24) is 5.32 Å². The van der Waals surface area contributed by atoms with E-state index < -0.39 is 17.5 Å². The van der Waals surface area contributed by atoms with Gasteiger partial charge in [0, 0.05) is 17.3 Å². The number of guanidine groups is 1. The Kier molecular flexibility index (Phi) is 4.81. The first kappa shape index (κ1) is 19.1. The average molecular weight is 431 g/mol. The molecule has 4 rings (SSSR count). The van der Waals surface area contributed by atoms with Crippen LogP contribution >= 0.6 is 23.2 Å². The summed E-state index contributed by atoms with van der Waals surface area (Å²) < 4.78 is 5.06. The molecule has 10 heteroatoms. The maximum atomic E-state index is 12.8. The molecule has 2 aliphatic rings. The van der Waals surface area contributed by atoms with Crippen molar-refractivity contribution in [3.63, 3.8) is 0 Å². The van der Waals surface area contributed by atoms with Crippen LogP contribution in [0, 0.1) is 12.8 Å². The lowest BCUT2D eigenvalue weighted by Gasteiger charge is -2.25. The topological polar surface area (TPSA) is 117 Å². The van der Waals surface area contributed by atoms with Crippen molar-refractivity contribution in [1.29, 1.82) is 0 Å². The number of amides is 1. The highest BCUT2D eigenvalue weighted by Gasteiger charge is 2.37. The maximum absolute atomic E-state index is 12.8. The molecule has 2 aromatic rings. The highest BCUT2D eigenvalue weighted by Crippen LogP contribution is 2.33. The van der Waals surface area contributed by atoms with Crippen molar-refractivity contribution >= 4 is 58.4 Å². The number of aryl methyl sites for hydroxylation is 1. The first-order valence-electron chi connectivity index (χ1n) is 8.35. The van der Waals surface area contributed by atoms with E-state index in [0.29, 0.717) is 10.7 Å². The number of hydrogen-bond donors (Lipinski definition) is 2. The van der Waals surface area contributed by atoms with Crippen LogP contribution in [0.25, 0.3) is 5.57 Å². The van der Waals surface area contributed by atoms with Gasteiger partial charge in [-0.2, -0.15) is 4.99 Å². The van der Waals surface area contributed by atoms with Crippen molar-refractivity contribution in [3.05, 3.63) is 62.1 Å². The summed E-state index contributed by atoms with van der Waals surface area (Å²) in [6, 6.07) is 6.01. The molecular formula is C19H12Cl2N4O4. The predicted molar refractivity (Wildman–Crippen MR) is 110 cm³/mol. The van der Waals surface area contributed by atoms with Crippen LogP contribution in [0.2, 0.25) is 10.0 Å². The fraction of sp³-hybridized carbons (Fsp3) is 0.105. The zero-order valence-corrected chi connectivity index (χ0v) is 16.3. The number of amidine groups is 1. The Morgan fingerprint density at radius 2 is 2.03 bits per heavy atom. The molecule has 1 aromatic heterocycles. The number of rotatable bonds is 2. The molecule has 1 unspecified atom stereocenters. The largest absolute Gasteiger partial charge is 0.507 e. The van der Waals surface area contributed by atoms with E-state index in [0.717, 1.165) is 0 Å². The summed E-state index contributed by atoms with van der Waals surface area (Å²) in [5.74, 6) is -1.45. The van der Waals surface area contributed by atoms with Gasteiger partial charge in [0.05, 0.1) is 10.7 Å². The first-order valence-corrected chi connectivity index (χ1v) is 9.10. The number of aromatic hydroxyl groups is 1. The molecular weight excluding hydrogens is 419 g/mol. The van der Waals surface area contributed by atoms with E-state index in [-0.39, 0.29) is 39.5 Å². The number of aliphatic imine (C=N–C) groups is 3. The monoisotopic (exact) mass is 430 g/mol. The van der Waals surface area contributed by atoms with Crippen molar-refractivity contribution in [2.24, 2.45) is 20.9 Å². The zero-order chi connectivity index (χ0) is 20.7. The van der Waals surface area contributed by atoms with Crippen LogP contribution < -0.4 is 10.9 Å². The summed E-state index contributed by atoms with van der Waals surface area (Å²) in [4.78, 5) is 37.7. The Bertz CT molecular complexity index is 1230. The Hall–Kier alpha value is -3.23. The fourth-order valence-electron chi connectivity index (χ4n) is 3.00. The molecule has 29 heavy (non-hydrogen) atoms. The number of halogens is 2. The van der Waals surface area contributed by atoms with Gasteiger partial charge in [0.15, 0.2) is 0 Å². The van der Waals surface area contributed by atoms with E-state index in [1.54, 1.807) is 12.1 Å². The van der Waals surface area contributed by atoms with Gasteiger partial charge in [-0.05, 0) is 36.8 Å². The number of fused-ring (bicyclic) bond motifs is 1. The lowest BCUT2D eigenvalue weighted by Crippen LogP contribution is -2.45. The first-order chi connectivity index (χ1) is 13.8. The molecule has 1 amide bonds. The lowest BCUT2D eigenvalue weighted by molar-refractivity contribution is -0.120. The Labute approximate surface area is 173 Å². The number of carbonyl (C=O) groups excluding carboxylic acids is 1. The van der Waals surface area contributed by atoms with Crippen molar-refractivity contribution in [2.75, 3.05) is 0 Å². The number of hydrogen-bond acceptors (Lipinski definition) is 6. The Morgan fingerprint density at radius 3 is 2.76 bits per heavy atom. The molecule has 0 spiro atoms. The molecule has 2 N–H and O–H groups in total. The summed E-state index contributed by atoms with van der Waals surface area (Å²) in [5, 5.41) is 13.5.